The van der Waals surface area contributed by atoms with Gasteiger partial charge in [0.2, 0.25) is 5.91 Å². The molecule has 0 fully saturated rings. The molecule has 0 radical (unpaired) electrons. The van der Waals surface area contributed by atoms with E-state index in [2.05, 4.69) is 5.32 Å². The summed E-state index contributed by atoms with van der Waals surface area (Å²) >= 11 is 1.43. The monoisotopic (exact) mass is 362 g/mol. The Hall–Kier alpha value is -1.99. The van der Waals surface area contributed by atoms with Crippen molar-refractivity contribution in [2.75, 3.05) is 16.7 Å². The van der Waals surface area contributed by atoms with Crippen molar-refractivity contribution in [2.45, 2.75) is 28.9 Å². The van der Waals surface area contributed by atoms with Crippen molar-refractivity contribution in [2.24, 2.45) is 0 Å². The van der Waals surface area contributed by atoms with E-state index in [0.29, 0.717) is 11.4 Å². The molecule has 1 unspecified atom stereocenters. The highest BCUT2D eigenvalue weighted by atomic mass is 32.2. The van der Waals surface area contributed by atoms with E-state index in [9.17, 15) is 13.2 Å². The Labute approximate surface area is 146 Å². The largest absolute Gasteiger partial charge is 0.324 e. The first kappa shape index (κ1) is 16.9. The molecule has 0 bridgehead atoms. The summed E-state index contributed by atoms with van der Waals surface area (Å²) in [6, 6.07) is 12.1. The zero-order valence-corrected chi connectivity index (χ0v) is 15.2. The molecule has 1 atom stereocenters. The second-order valence-electron chi connectivity index (χ2n) is 5.72. The van der Waals surface area contributed by atoms with Crippen LogP contribution in [-0.2, 0) is 14.8 Å². The van der Waals surface area contributed by atoms with Gasteiger partial charge in [-0.2, -0.15) is 0 Å². The minimum atomic E-state index is -3.70. The Morgan fingerprint density at radius 3 is 2.62 bits per heavy atom. The highest BCUT2D eigenvalue weighted by Gasteiger charge is 2.27. The highest BCUT2D eigenvalue weighted by molar-refractivity contribution is 8.01. The molecule has 0 aromatic heterocycles. The third-order valence-corrected chi connectivity index (χ3v) is 6.86. The number of benzene rings is 2. The van der Waals surface area contributed by atoms with Crippen LogP contribution in [0.1, 0.15) is 12.5 Å². The zero-order chi connectivity index (χ0) is 17.5. The summed E-state index contributed by atoms with van der Waals surface area (Å²) in [7, 11) is -2.17. The van der Waals surface area contributed by atoms with Crippen LogP contribution in [0.5, 0.6) is 0 Å². The Balaban J connectivity index is 1.99. The Morgan fingerprint density at radius 2 is 1.92 bits per heavy atom. The van der Waals surface area contributed by atoms with Gasteiger partial charge in [0.1, 0.15) is 0 Å². The predicted octanol–water partition coefficient (Wildman–Crippen LogP) is 3.25. The SMILES string of the molecule is Cc1cccc(N(C)S(=O)(=O)c2ccc3c(c2)NC(=O)C(C)S3)c1. The van der Waals surface area contributed by atoms with Gasteiger partial charge in [0.25, 0.3) is 10.0 Å². The Kier molecular flexibility index (Phi) is 4.31. The van der Waals surface area contributed by atoms with Crippen LogP contribution in [0.15, 0.2) is 52.3 Å². The van der Waals surface area contributed by atoms with Gasteiger partial charge in [-0.1, -0.05) is 12.1 Å². The molecule has 2 aromatic rings. The van der Waals surface area contributed by atoms with Gasteiger partial charge in [-0.3, -0.25) is 9.10 Å². The molecule has 1 aliphatic heterocycles. The lowest BCUT2D eigenvalue weighted by molar-refractivity contribution is -0.115. The molecule has 0 saturated carbocycles. The lowest BCUT2D eigenvalue weighted by atomic mass is 10.2. The van der Waals surface area contributed by atoms with Crippen molar-refractivity contribution >= 4 is 39.1 Å². The first-order chi connectivity index (χ1) is 11.3. The van der Waals surface area contributed by atoms with Crippen molar-refractivity contribution < 1.29 is 13.2 Å². The number of anilines is 2. The van der Waals surface area contributed by atoms with Gasteiger partial charge in [0.05, 0.1) is 21.5 Å². The summed E-state index contributed by atoms with van der Waals surface area (Å²) in [4.78, 5) is 12.8. The number of amides is 1. The van der Waals surface area contributed by atoms with Crippen LogP contribution in [0.3, 0.4) is 0 Å². The molecular weight excluding hydrogens is 344 g/mol. The molecule has 1 N–H and O–H groups in total. The van der Waals surface area contributed by atoms with Crippen LogP contribution in [0.25, 0.3) is 0 Å². The quantitative estimate of drug-likeness (QED) is 0.910. The van der Waals surface area contributed by atoms with Crippen LogP contribution < -0.4 is 9.62 Å². The summed E-state index contributed by atoms with van der Waals surface area (Å²) in [6.07, 6.45) is 0. The van der Waals surface area contributed by atoms with Crippen molar-refractivity contribution in [3.05, 3.63) is 48.0 Å². The molecule has 1 heterocycles. The van der Waals surface area contributed by atoms with Crippen molar-refractivity contribution in [3.63, 3.8) is 0 Å². The van der Waals surface area contributed by atoms with E-state index in [-0.39, 0.29) is 16.1 Å². The van der Waals surface area contributed by atoms with Gasteiger partial charge in [-0.15, -0.1) is 11.8 Å². The number of sulfonamides is 1. The van der Waals surface area contributed by atoms with Gasteiger partial charge in [-0.25, -0.2) is 8.42 Å². The summed E-state index contributed by atoms with van der Waals surface area (Å²) in [5.74, 6) is -0.117. The van der Waals surface area contributed by atoms with Gasteiger partial charge in [0, 0.05) is 11.9 Å². The molecule has 24 heavy (non-hydrogen) atoms. The number of hydrogen-bond donors (Lipinski definition) is 1. The maximum Gasteiger partial charge on any atom is 0.264 e. The van der Waals surface area contributed by atoms with E-state index < -0.39 is 10.0 Å². The molecule has 2 aromatic carbocycles. The first-order valence-corrected chi connectivity index (χ1v) is 9.78. The van der Waals surface area contributed by atoms with Crippen molar-refractivity contribution in [1.29, 1.82) is 0 Å². The molecule has 126 valence electrons. The predicted molar refractivity (Wildman–Crippen MR) is 97.2 cm³/mol. The molecule has 5 nitrogen and oxygen atoms in total. The van der Waals surface area contributed by atoms with Crippen LogP contribution >= 0.6 is 11.8 Å². The average molecular weight is 362 g/mol. The van der Waals surface area contributed by atoms with Crippen molar-refractivity contribution in [3.8, 4) is 0 Å². The van der Waals surface area contributed by atoms with Gasteiger partial charge in [-0.05, 0) is 49.7 Å². The summed E-state index contributed by atoms with van der Waals surface area (Å²) in [5.41, 5.74) is 2.12. The molecule has 1 amide bonds. The third kappa shape index (κ3) is 3.01. The van der Waals surface area contributed by atoms with Gasteiger partial charge >= 0.3 is 0 Å². The van der Waals surface area contributed by atoms with Crippen LogP contribution in [-0.4, -0.2) is 26.6 Å². The lowest BCUT2D eigenvalue weighted by Gasteiger charge is -2.24. The van der Waals surface area contributed by atoms with Crippen LogP contribution in [0.4, 0.5) is 11.4 Å². The number of thioether (sulfide) groups is 1. The Morgan fingerprint density at radius 1 is 1.17 bits per heavy atom. The first-order valence-electron chi connectivity index (χ1n) is 7.46. The average Bonchev–Trinajstić information content (AvgIpc) is 2.54. The zero-order valence-electron chi connectivity index (χ0n) is 13.6. The summed E-state index contributed by atoms with van der Waals surface area (Å²) in [6.45, 7) is 3.73. The minimum absolute atomic E-state index is 0.117. The van der Waals surface area contributed by atoms with Gasteiger partial charge in [0.15, 0.2) is 0 Å². The number of hydrogen-bond acceptors (Lipinski definition) is 4. The minimum Gasteiger partial charge on any atom is -0.324 e. The maximum atomic E-state index is 12.9. The van der Waals surface area contributed by atoms with Crippen LogP contribution in [0, 0.1) is 6.92 Å². The second kappa shape index (κ2) is 6.14. The normalized spacial score (nSPS) is 17.1. The molecule has 0 spiro atoms. The number of rotatable bonds is 3. The van der Waals surface area contributed by atoms with E-state index in [1.54, 1.807) is 18.2 Å². The highest BCUT2D eigenvalue weighted by Crippen LogP contribution is 2.37. The van der Waals surface area contributed by atoms with Crippen molar-refractivity contribution in [1.82, 2.24) is 0 Å². The smallest absolute Gasteiger partial charge is 0.264 e. The molecule has 0 saturated heterocycles. The van der Waals surface area contributed by atoms with Gasteiger partial charge < -0.3 is 5.32 Å². The van der Waals surface area contributed by atoms with E-state index in [4.69, 9.17) is 0 Å². The number of nitrogens with one attached hydrogen (secondary N) is 1. The molecule has 7 heteroatoms. The number of aryl methyl sites for hydroxylation is 1. The second-order valence-corrected chi connectivity index (χ2v) is 9.07. The summed E-state index contributed by atoms with van der Waals surface area (Å²) in [5, 5.41) is 2.58. The fraction of sp³-hybridized carbons (Fsp3) is 0.235. The Bertz CT molecular complexity index is 910. The molecule has 0 aliphatic carbocycles. The molecule has 3 rings (SSSR count). The third-order valence-electron chi connectivity index (χ3n) is 3.91. The van der Waals surface area contributed by atoms with E-state index in [1.165, 1.54) is 29.2 Å². The topological polar surface area (TPSA) is 66.5 Å². The fourth-order valence-electron chi connectivity index (χ4n) is 2.47. The number of carbonyl (C=O) groups excluding carboxylic acids is 1. The maximum absolute atomic E-state index is 12.9. The fourth-order valence-corrected chi connectivity index (χ4v) is 4.61. The van der Waals surface area contributed by atoms with Crippen LogP contribution in [0.2, 0.25) is 0 Å². The van der Waals surface area contributed by atoms with E-state index in [0.717, 1.165) is 10.5 Å². The molecular formula is C17H18N2O3S2. The van der Waals surface area contributed by atoms with E-state index in [1.807, 2.05) is 32.0 Å². The standard InChI is InChI=1S/C17H18N2O3S2/c1-11-5-4-6-13(9-11)19(3)24(21,22)14-7-8-16-15(10-14)18-17(20)12(2)23-16/h4-10,12H,1-3H3,(H,18,20). The lowest BCUT2D eigenvalue weighted by Crippen LogP contribution is -2.28. The number of carbonyl (C=O) groups is 1. The number of fused-ring (bicyclic) bond motifs is 1. The summed E-state index contributed by atoms with van der Waals surface area (Å²) < 4.78 is 27.0. The van der Waals surface area contributed by atoms with E-state index >= 15 is 0 Å². The molecule has 1 aliphatic rings. The number of nitrogens with zero attached hydrogens (tertiary/aromatic N) is 1.